The average Bonchev–Trinajstić information content (AvgIpc) is 2.82. The lowest BCUT2D eigenvalue weighted by molar-refractivity contribution is -0.115. The molecule has 0 aliphatic carbocycles. The quantitative estimate of drug-likeness (QED) is 0.921. The third-order valence-electron chi connectivity index (χ3n) is 2.25. The lowest BCUT2D eigenvalue weighted by Crippen LogP contribution is -2.10. The summed E-state index contributed by atoms with van der Waals surface area (Å²) in [6.07, 6.45) is 4.88. The largest absolute Gasteiger partial charge is 0.325 e. The highest BCUT2D eigenvalue weighted by Gasteiger charge is 2.06. The SMILES string of the molecule is N#CCC(=O)Nc1ccc(-n2ccnc2)c(Cl)c1. The first-order valence-corrected chi connectivity index (χ1v) is 5.53. The van der Waals surface area contributed by atoms with Crippen LogP contribution >= 0.6 is 11.6 Å². The zero-order valence-electron chi connectivity index (χ0n) is 9.30. The molecule has 90 valence electrons. The van der Waals surface area contributed by atoms with Crippen molar-refractivity contribution in [3.8, 4) is 11.8 Å². The molecule has 0 atom stereocenters. The van der Waals surface area contributed by atoms with Crippen LogP contribution in [-0.2, 0) is 4.79 Å². The number of aromatic nitrogens is 2. The van der Waals surface area contributed by atoms with E-state index in [0.717, 1.165) is 5.69 Å². The lowest BCUT2D eigenvalue weighted by Gasteiger charge is -2.08. The zero-order chi connectivity index (χ0) is 13.0. The second-order valence-electron chi connectivity index (χ2n) is 3.52. The molecule has 18 heavy (non-hydrogen) atoms. The van der Waals surface area contributed by atoms with E-state index in [1.807, 2.05) is 0 Å². The predicted molar refractivity (Wildman–Crippen MR) is 67.4 cm³/mol. The molecule has 1 amide bonds. The fourth-order valence-corrected chi connectivity index (χ4v) is 1.75. The van der Waals surface area contributed by atoms with Crippen LogP contribution in [-0.4, -0.2) is 15.5 Å². The number of halogens is 1. The minimum absolute atomic E-state index is 0.180. The van der Waals surface area contributed by atoms with E-state index in [0.29, 0.717) is 10.7 Å². The Morgan fingerprint density at radius 3 is 3.00 bits per heavy atom. The fraction of sp³-hybridized carbons (Fsp3) is 0.0833. The van der Waals surface area contributed by atoms with Crippen LogP contribution in [0.5, 0.6) is 0 Å². The monoisotopic (exact) mass is 260 g/mol. The Balaban J connectivity index is 2.21. The Bertz CT molecular complexity index is 601. The topological polar surface area (TPSA) is 70.7 Å². The predicted octanol–water partition coefficient (Wildman–Crippen LogP) is 2.38. The Morgan fingerprint density at radius 2 is 2.39 bits per heavy atom. The number of rotatable bonds is 3. The maximum atomic E-state index is 11.2. The number of nitrogens with one attached hydrogen (secondary N) is 1. The highest BCUT2D eigenvalue weighted by atomic mass is 35.5. The van der Waals surface area contributed by atoms with Gasteiger partial charge in [0.15, 0.2) is 0 Å². The maximum Gasteiger partial charge on any atom is 0.238 e. The molecule has 0 spiro atoms. The molecule has 0 aliphatic heterocycles. The van der Waals surface area contributed by atoms with Crippen molar-refractivity contribution >= 4 is 23.2 Å². The summed E-state index contributed by atoms with van der Waals surface area (Å²) in [6, 6.07) is 6.90. The van der Waals surface area contributed by atoms with E-state index in [9.17, 15) is 4.79 Å². The molecule has 5 nitrogen and oxygen atoms in total. The number of carbonyl (C=O) groups excluding carboxylic acids is 1. The van der Waals surface area contributed by atoms with Crippen LogP contribution in [0.15, 0.2) is 36.9 Å². The van der Waals surface area contributed by atoms with Gasteiger partial charge in [0, 0.05) is 18.1 Å². The van der Waals surface area contributed by atoms with E-state index in [2.05, 4.69) is 10.3 Å². The van der Waals surface area contributed by atoms with Gasteiger partial charge in [-0.25, -0.2) is 4.98 Å². The first kappa shape index (κ1) is 12.1. The summed E-state index contributed by atoms with van der Waals surface area (Å²) in [5.74, 6) is -0.357. The Kier molecular flexibility index (Phi) is 3.60. The van der Waals surface area contributed by atoms with Gasteiger partial charge in [-0.2, -0.15) is 5.26 Å². The number of carbonyl (C=O) groups is 1. The van der Waals surface area contributed by atoms with E-state index in [4.69, 9.17) is 16.9 Å². The Hall–Kier alpha value is -2.32. The summed E-state index contributed by atoms with van der Waals surface area (Å²) >= 11 is 6.12. The summed E-state index contributed by atoms with van der Waals surface area (Å²) in [4.78, 5) is 15.2. The number of amides is 1. The number of benzene rings is 1. The molecule has 2 aromatic rings. The summed E-state index contributed by atoms with van der Waals surface area (Å²) in [7, 11) is 0. The average molecular weight is 261 g/mol. The van der Waals surface area contributed by atoms with E-state index < -0.39 is 0 Å². The molecular weight excluding hydrogens is 252 g/mol. The number of anilines is 1. The normalized spacial score (nSPS) is 9.78. The minimum Gasteiger partial charge on any atom is -0.325 e. The van der Waals surface area contributed by atoms with Crippen molar-refractivity contribution < 1.29 is 4.79 Å². The number of hydrogen-bond acceptors (Lipinski definition) is 3. The van der Waals surface area contributed by atoms with E-state index in [-0.39, 0.29) is 12.3 Å². The molecule has 1 heterocycles. The first-order valence-electron chi connectivity index (χ1n) is 5.15. The molecule has 0 aliphatic rings. The van der Waals surface area contributed by atoms with E-state index in [1.54, 1.807) is 47.6 Å². The van der Waals surface area contributed by atoms with Crippen LogP contribution in [0, 0.1) is 11.3 Å². The Morgan fingerprint density at radius 1 is 1.56 bits per heavy atom. The molecule has 1 aromatic carbocycles. The minimum atomic E-state index is -0.357. The van der Waals surface area contributed by atoms with Crippen molar-refractivity contribution in [3.05, 3.63) is 41.9 Å². The van der Waals surface area contributed by atoms with Crippen molar-refractivity contribution in [1.82, 2.24) is 9.55 Å². The van der Waals surface area contributed by atoms with Gasteiger partial charge in [0.2, 0.25) is 5.91 Å². The van der Waals surface area contributed by atoms with Crippen LogP contribution in [0.1, 0.15) is 6.42 Å². The highest BCUT2D eigenvalue weighted by molar-refractivity contribution is 6.32. The second kappa shape index (κ2) is 5.34. The summed E-state index contributed by atoms with van der Waals surface area (Å²) in [5, 5.41) is 11.5. The molecular formula is C12H9ClN4O. The number of nitrogens with zero attached hydrogens (tertiary/aromatic N) is 3. The van der Waals surface area contributed by atoms with Crippen LogP contribution in [0.25, 0.3) is 5.69 Å². The Labute approximate surface area is 109 Å². The third kappa shape index (κ3) is 2.67. The van der Waals surface area contributed by atoms with Gasteiger partial charge in [-0.1, -0.05) is 11.6 Å². The van der Waals surface area contributed by atoms with Gasteiger partial charge < -0.3 is 9.88 Å². The molecule has 0 saturated heterocycles. The molecule has 1 aromatic heterocycles. The van der Waals surface area contributed by atoms with Crippen LogP contribution in [0.4, 0.5) is 5.69 Å². The van der Waals surface area contributed by atoms with Crippen LogP contribution < -0.4 is 5.32 Å². The van der Waals surface area contributed by atoms with Crippen LogP contribution in [0.3, 0.4) is 0 Å². The van der Waals surface area contributed by atoms with Crippen molar-refractivity contribution in [2.24, 2.45) is 0 Å². The lowest BCUT2D eigenvalue weighted by atomic mass is 10.2. The summed E-state index contributed by atoms with van der Waals surface area (Å²) in [6.45, 7) is 0. The molecule has 1 N–H and O–H groups in total. The van der Waals surface area contributed by atoms with E-state index >= 15 is 0 Å². The van der Waals surface area contributed by atoms with Crippen LogP contribution in [0.2, 0.25) is 5.02 Å². The van der Waals surface area contributed by atoms with E-state index in [1.165, 1.54) is 0 Å². The third-order valence-corrected chi connectivity index (χ3v) is 2.56. The van der Waals surface area contributed by atoms with Crippen molar-refractivity contribution in [1.29, 1.82) is 5.26 Å². The van der Waals surface area contributed by atoms with Gasteiger partial charge in [0.1, 0.15) is 6.42 Å². The van der Waals surface area contributed by atoms with Gasteiger partial charge in [0.05, 0.1) is 23.1 Å². The van der Waals surface area contributed by atoms with Gasteiger partial charge >= 0.3 is 0 Å². The van der Waals surface area contributed by atoms with Gasteiger partial charge in [0.25, 0.3) is 0 Å². The molecule has 0 bridgehead atoms. The first-order chi connectivity index (χ1) is 8.70. The summed E-state index contributed by atoms with van der Waals surface area (Å²) < 4.78 is 1.77. The number of nitriles is 1. The molecule has 6 heteroatoms. The fourth-order valence-electron chi connectivity index (χ4n) is 1.47. The molecule has 0 fully saturated rings. The van der Waals surface area contributed by atoms with Gasteiger partial charge in [-0.3, -0.25) is 4.79 Å². The number of imidazole rings is 1. The summed E-state index contributed by atoms with van der Waals surface area (Å²) in [5.41, 5.74) is 1.33. The molecule has 0 radical (unpaired) electrons. The zero-order valence-corrected chi connectivity index (χ0v) is 10.1. The van der Waals surface area contributed by atoms with Gasteiger partial charge in [-0.15, -0.1) is 0 Å². The molecule has 0 unspecified atom stereocenters. The smallest absolute Gasteiger partial charge is 0.238 e. The van der Waals surface area contributed by atoms with Crippen molar-refractivity contribution in [2.75, 3.05) is 5.32 Å². The number of hydrogen-bond donors (Lipinski definition) is 1. The standard InChI is InChI=1S/C12H9ClN4O/c13-10-7-9(16-12(18)3-4-14)1-2-11(10)17-6-5-15-8-17/h1-2,5-8H,3H2,(H,16,18). The molecule has 2 rings (SSSR count). The highest BCUT2D eigenvalue weighted by Crippen LogP contribution is 2.24. The molecule has 0 saturated carbocycles. The maximum absolute atomic E-state index is 11.2. The van der Waals surface area contributed by atoms with Gasteiger partial charge in [-0.05, 0) is 18.2 Å². The van der Waals surface area contributed by atoms with Crippen molar-refractivity contribution in [3.63, 3.8) is 0 Å². The van der Waals surface area contributed by atoms with Crippen molar-refractivity contribution in [2.45, 2.75) is 6.42 Å². The second-order valence-corrected chi connectivity index (χ2v) is 3.93.